The largest absolute Gasteiger partial charge is 0.430 e. The smallest absolute Gasteiger partial charge is 0.258 e. The Labute approximate surface area is 189 Å². The Morgan fingerprint density at radius 1 is 1.00 bits per heavy atom. The van der Waals surface area contributed by atoms with Gasteiger partial charge < -0.3 is 9.73 Å². The predicted octanol–water partition coefficient (Wildman–Crippen LogP) is 7.07. The molecule has 0 saturated carbocycles. The van der Waals surface area contributed by atoms with Gasteiger partial charge in [0.05, 0.1) is 0 Å². The minimum absolute atomic E-state index is 0.100. The summed E-state index contributed by atoms with van der Waals surface area (Å²) in [6, 6.07) is 10.2. The van der Waals surface area contributed by atoms with Gasteiger partial charge in [0.1, 0.15) is 0 Å². The third-order valence-electron chi connectivity index (χ3n) is 5.28. The first kappa shape index (κ1) is 23.3. The highest BCUT2D eigenvalue weighted by atomic mass is 32.2. The summed E-state index contributed by atoms with van der Waals surface area (Å²) in [6.07, 6.45) is 3.44. The zero-order chi connectivity index (χ0) is 22.4. The number of carbonyl (C=O) groups excluding carboxylic acids is 1. The maximum Gasteiger partial charge on any atom is 0.258 e. The lowest BCUT2D eigenvalue weighted by Gasteiger charge is -2.20. The van der Waals surface area contributed by atoms with Crippen LogP contribution >= 0.6 is 11.8 Å². The van der Waals surface area contributed by atoms with E-state index in [4.69, 9.17) is 4.42 Å². The number of amides is 1. The Hall–Kier alpha value is -2.34. The molecule has 0 atom stereocenters. The number of fused-ring (bicyclic) bond motifs is 1. The van der Waals surface area contributed by atoms with Crippen molar-refractivity contribution in [1.82, 2.24) is 9.97 Å². The van der Waals surface area contributed by atoms with Crippen molar-refractivity contribution >= 4 is 34.6 Å². The van der Waals surface area contributed by atoms with Gasteiger partial charge in [0, 0.05) is 23.6 Å². The molecule has 0 aliphatic heterocycles. The summed E-state index contributed by atoms with van der Waals surface area (Å²) in [6.45, 7) is 10.6. The van der Waals surface area contributed by atoms with Crippen molar-refractivity contribution in [2.75, 3.05) is 11.1 Å². The summed E-state index contributed by atoms with van der Waals surface area (Å²) in [7, 11) is 0. The highest BCUT2D eigenvalue weighted by Gasteiger charge is 2.15. The molecule has 31 heavy (non-hydrogen) atoms. The molecular weight excluding hydrogens is 406 g/mol. The standard InChI is InChI=1S/C25H33N3O2S/c1-16(2)19-10-9-11-20(17(3)4)23(19)27-22(29)12-7-6-8-15-31-25-28-24-21(30-25)14-13-18(5)26-24/h9-11,13-14,16-17H,6-8,12,15H2,1-5H3,(H,27,29). The minimum atomic E-state index is 0.100. The van der Waals surface area contributed by atoms with Crippen molar-refractivity contribution in [2.24, 2.45) is 0 Å². The van der Waals surface area contributed by atoms with Crippen LogP contribution in [0.4, 0.5) is 5.69 Å². The maximum absolute atomic E-state index is 12.6. The molecule has 0 radical (unpaired) electrons. The normalized spacial score (nSPS) is 11.6. The molecule has 5 nitrogen and oxygen atoms in total. The molecule has 0 aliphatic carbocycles. The quantitative estimate of drug-likeness (QED) is 0.270. The number of hydrogen-bond acceptors (Lipinski definition) is 5. The van der Waals surface area contributed by atoms with Crippen molar-refractivity contribution in [3.05, 3.63) is 47.2 Å². The summed E-state index contributed by atoms with van der Waals surface area (Å²) in [5.41, 5.74) is 5.76. The molecule has 3 rings (SSSR count). The minimum Gasteiger partial charge on any atom is -0.430 e. The van der Waals surface area contributed by atoms with Gasteiger partial charge in [-0.3, -0.25) is 4.79 Å². The molecule has 166 valence electrons. The molecule has 0 spiro atoms. The number of rotatable bonds is 10. The van der Waals surface area contributed by atoms with E-state index < -0.39 is 0 Å². The number of anilines is 1. The van der Waals surface area contributed by atoms with Gasteiger partial charge in [0.15, 0.2) is 11.2 Å². The first-order valence-electron chi connectivity index (χ1n) is 11.1. The number of nitrogens with one attached hydrogen (secondary N) is 1. The average molecular weight is 440 g/mol. The van der Waals surface area contributed by atoms with E-state index >= 15 is 0 Å². The molecule has 6 heteroatoms. The number of nitrogens with zero attached hydrogens (tertiary/aromatic N) is 2. The van der Waals surface area contributed by atoms with Crippen molar-refractivity contribution in [1.29, 1.82) is 0 Å². The summed E-state index contributed by atoms with van der Waals surface area (Å²) >= 11 is 1.61. The SMILES string of the molecule is Cc1ccc2oc(SCCCCCC(=O)Nc3c(C(C)C)cccc3C(C)C)nc2n1. The number of thioether (sulfide) groups is 1. The topological polar surface area (TPSA) is 68.0 Å². The third kappa shape index (κ3) is 6.33. The van der Waals surface area contributed by atoms with Crippen molar-refractivity contribution < 1.29 is 9.21 Å². The first-order chi connectivity index (χ1) is 14.8. The van der Waals surface area contributed by atoms with Crippen LogP contribution in [-0.4, -0.2) is 21.6 Å². The number of aromatic nitrogens is 2. The number of benzene rings is 1. The van der Waals surface area contributed by atoms with Gasteiger partial charge in [-0.05, 0) is 54.9 Å². The van der Waals surface area contributed by atoms with Crippen LogP contribution in [0, 0.1) is 6.92 Å². The van der Waals surface area contributed by atoms with Gasteiger partial charge in [0.2, 0.25) is 5.91 Å². The van der Waals surface area contributed by atoms with Gasteiger partial charge >= 0.3 is 0 Å². The van der Waals surface area contributed by atoms with E-state index in [2.05, 4.69) is 61.2 Å². The highest BCUT2D eigenvalue weighted by Crippen LogP contribution is 2.32. The van der Waals surface area contributed by atoms with Gasteiger partial charge in [-0.15, -0.1) is 0 Å². The number of carbonyl (C=O) groups is 1. The molecule has 1 amide bonds. The zero-order valence-electron chi connectivity index (χ0n) is 19.2. The maximum atomic E-state index is 12.6. The molecule has 0 saturated heterocycles. The Morgan fingerprint density at radius 3 is 2.39 bits per heavy atom. The Kier molecular flexibility index (Phi) is 8.13. The lowest BCUT2D eigenvalue weighted by atomic mass is 9.92. The van der Waals surface area contributed by atoms with Gasteiger partial charge in [-0.2, -0.15) is 4.98 Å². The van der Waals surface area contributed by atoms with E-state index in [-0.39, 0.29) is 5.91 Å². The van der Waals surface area contributed by atoms with Crippen LogP contribution < -0.4 is 5.32 Å². The molecular formula is C25H33N3O2S. The van der Waals surface area contributed by atoms with Crippen LogP contribution in [0.5, 0.6) is 0 Å². The number of unbranched alkanes of at least 4 members (excludes halogenated alkanes) is 2. The fourth-order valence-electron chi connectivity index (χ4n) is 3.58. The van der Waals surface area contributed by atoms with Crippen LogP contribution in [0.2, 0.25) is 0 Å². The van der Waals surface area contributed by atoms with Crippen molar-refractivity contribution in [3.8, 4) is 0 Å². The lowest BCUT2D eigenvalue weighted by Crippen LogP contribution is -2.15. The Morgan fingerprint density at radius 2 is 1.71 bits per heavy atom. The Bertz CT molecular complexity index is 1000. The number of aryl methyl sites for hydroxylation is 1. The van der Waals surface area contributed by atoms with E-state index in [1.807, 2.05) is 19.1 Å². The fourth-order valence-corrected chi connectivity index (χ4v) is 4.40. The second kappa shape index (κ2) is 10.8. The van der Waals surface area contributed by atoms with E-state index in [1.54, 1.807) is 11.8 Å². The molecule has 0 bridgehead atoms. The summed E-state index contributed by atoms with van der Waals surface area (Å²) in [5.74, 6) is 1.76. The van der Waals surface area contributed by atoms with Gasteiger partial charge in [0.25, 0.3) is 5.22 Å². The molecule has 0 fully saturated rings. The average Bonchev–Trinajstić information content (AvgIpc) is 3.12. The van der Waals surface area contributed by atoms with Crippen LogP contribution in [0.3, 0.4) is 0 Å². The first-order valence-corrected chi connectivity index (χ1v) is 12.1. The van der Waals surface area contributed by atoms with Crippen molar-refractivity contribution in [2.45, 2.75) is 77.4 Å². The lowest BCUT2D eigenvalue weighted by molar-refractivity contribution is -0.116. The van der Waals surface area contributed by atoms with E-state index in [1.165, 1.54) is 11.1 Å². The van der Waals surface area contributed by atoms with Gasteiger partial charge in [-0.25, -0.2) is 4.98 Å². The van der Waals surface area contributed by atoms with Crippen LogP contribution in [0.15, 0.2) is 40.0 Å². The van der Waals surface area contributed by atoms with E-state index in [9.17, 15) is 4.79 Å². The molecule has 2 aromatic heterocycles. The third-order valence-corrected chi connectivity index (χ3v) is 6.20. The number of hydrogen-bond donors (Lipinski definition) is 1. The molecule has 1 aromatic carbocycles. The monoisotopic (exact) mass is 439 g/mol. The number of para-hydroxylation sites is 1. The predicted molar refractivity (Wildman–Crippen MR) is 129 cm³/mol. The van der Waals surface area contributed by atoms with Crippen LogP contribution in [0.1, 0.15) is 82.0 Å². The summed E-state index contributed by atoms with van der Waals surface area (Å²) in [5, 5.41) is 3.87. The highest BCUT2D eigenvalue weighted by molar-refractivity contribution is 7.99. The molecule has 1 N–H and O–H groups in total. The zero-order valence-corrected chi connectivity index (χ0v) is 20.0. The summed E-state index contributed by atoms with van der Waals surface area (Å²) < 4.78 is 5.72. The number of oxazole rings is 1. The Balaban J connectivity index is 1.43. The fraction of sp³-hybridized carbons (Fsp3) is 0.480. The molecule has 3 aromatic rings. The molecule has 0 aliphatic rings. The number of pyridine rings is 1. The van der Waals surface area contributed by atoms with Crippen LogP contribution in [0.25, 0.3) is 11.2 Å². The van der Waals surface area contributed by atoms with Crippen molar-refractivity contribution in [3.63, 3.8) is 0 Å². The summed E-state index contributed by atoms with van der Waals surface area (Å²) in [4.78, 5) is 21.4. The van der Waals surface area contributed by atoms with E-state index in [0.717, 1.165) is 42.0 Å². The second-order valence-electron chi connectivity index (χ2n) is 8.58. The van der Waals surface area contributed by atoms with Crippen LogP contribution in [-0.2, 0) is 4.79 Å². The van der Waals surface area contributed by atoms with E-state index in [0.29, 0.717) is 29.1 Å². The molecule has 2 heterocycles. The second-order valence-corrected chi connectivity index (χ2v) is 9.63. The molecule has 0 unspecified atom stereocenters. The van der Waals surface area contributed by atoms with Gasteiger partial charge in [-0.1, -0.05) is 64.1 Å².